The van der Waals surface area contributed by atoms with E-state index in [1.165, 1.54) is 22.5 Å². The number of nitrogens with zero attached hydrogens (tertiary/aromatic N) is 1. The molecule has 1 aliphatic heterocycles. The summed E-state index contributed by atoms with van der Waals surface area (Å²) in [6, 6.07) is 12.3. The Morgan fingerprint density at radius 3 is 2.67 bits per heavy atom. The lowest BCUT2D eigenvalue weighted by Crippen LogP contribution is -2.51. The molecule has 0 spiro atoms. The summed E-state index contributed by atoms with van der Waals surface area (Å²) in [6.07, 6.45) is 1.31. The van der Waals surface area contributed by atoms with Gasteiger partial charge in [-0.1, -0.05) is 18.2 Å². The number of ether oxygens (including phenoxy) is 2. The Morgan fingerprint density at radius 2 is 1.97 bits per heavy atom. The van der Waals surface area contributed by atoms with Gasteiger partial charge >= 0.3 is 5.97 Å². The van der Waals surface area contributed by atoms with E-state index in [1.54, 1.807) is 14.0 Å². The standard InChI is InChI=1S/C22H26FNO5S/c1-3-29-21(25)22(15-17-7-4-9-19(13-17)28-2)11-6-12-24(16-22)30(26,27)20-10-5-8-18(23)14-20/h4-5,7-10,13-14H,3,6,11-12,15-16H2,1-2H3/t22-/m1/s1. The molecule has 0 N–H and O–H groups in total. The number of esters is 1. The lowest BCUT2D eigenvalue weighted by Gasteiger charge is -2.40. The number of methoxy groups -OCH3 is 1. The second-order valence-corrected chi connectivity index (χ2v) is 9.37. The lowest BCUT2D eigenvalue weighted by atomic mass is 9.75. The van der Waals surface area contributed by atoms with Gasteiger partial charge in [0.25, 0.3) is 0 Å². The van der Waals surface area contributed by atoms with Gasteiger partial charge in [0.1, 0.15) is 11.6 Å². The highest BCUT2D eigenvalue weighted by molar-refractivity contribution is 7.89. The fourth-order valence-electron chi connectivity index (χ4n) is 3.91. The van der Waals surface area contributed by atoms with Crippen LogP contribution in [0.1, 0.15) is 25.3 Å². The maximum atomic E-state index is 13.6. The van der Waals surface area contributed by atoms with Crippen molar-refractivity contribution in [3.63, 3.8) is 0 Å². The molecule has 0 saturated carbocycles. The SMILES string of the molecule is CCOC(=O)[C@@]1(Cc2cccc(OC)c2)CCCN(S(=O)(=O)c2cccc(F)c2)C1. The Bertz CT molecular complexity index is 1010. The van der Waals surface area contributed by atoms with Crippen LogP contribution in [0.25, 0.3) is 0 Å². The summed E-state index contributed by atoms with van der Waals surface area (Å²) in [6.45, 7) is 2.16. The van der Waals surface area contributed by atoms with Gasteiger partial charge in [0.15, 0.2) is 0 Å². The van der Waals surface area contributed by atoms with Crippen LogP contribution in [0, 0.1) is 11.2 Å². The molecule has 1 aliphatic rings. The van der Waals surface area contributed by atoms with Gasteiger partial charge in [0.05, 0.1) is 24.0 Å². The monoisotopic (exact) mass is 435 g/mol. The quantitative estimate of drug-likeness (QED) is 0.623. The molecule has 0 bridgehead atoms. The Hall–Kier alpha value is -2.45. The summed E-state index contributed by atoms with van der Waals surface area (Å²) in [5.41, 5.74) is -0.173. The Labute approximate surface area is 176 Å². The van der Waals surface area contributed by atoms with Gasteiger partial charge in [-0.05, 0) is 62.1 Å². The van der Waals surface area contributed by atoms with Crippen molar-refractivity contribution in [2.75, 3.05) is 26.8 Å². The van der Waals surface area contributed by atoms with E-state index in [2.05, 4.69) is 0 Å². The molecule has 1 atom stereocenters. The molecule has 6 nitrogen and oxygen atoms in total. The Balaban J connectivity index is 1.95. The average Bonchev–Trinajstić information content (AvgIpc) is 2.74. The van der Waals surface area contributed by atoms with Crippen LogP contribution in [-0.2, 0) is 26.0 Å². The molecule has 2 aromatic carbocycles. The Kier molecular flexibility index (Phi) is 6.77. The second kappa shape index (κ2) is 9.14. The summed E-state index contributed by atoms with van der Waals surface area (Å²) in [4.78, 5) is 12.9. The Morgan fingerprint density at radius 1 is 1.20 bits per heavy atom. The zero-order valence-electron chi connectivity index (χ0n) is 17.1. The average molecular weight is 436 g/mol. The van der Waals surface area contributed by atoms with Crippen molar-refractivity contribution >= 4 is 16.0 Å². The minimum absolute atomic E-state index is 0.0259. The summed E-state index contributed by atoms with van der Waals surface area (Å²) in [5, 5.41) is 0. The number of sulfonamides is 1. The first-order chi connectivity index (χ1) is 14.3. The van der Waals surface area contributed by atoms with Crippen LogP contribution in [-0.4, -0.2) is 45.5 Å². The number of halogens is 1. The number of benzene rings is 2. The molecule has 0 aromatic heterocycles. The highest BCUT2D eigenvalue weighted by atomic mass is 32.2. The van der Waals surface area contributed by atoms with Gasteiger partial charge in [-0.2, -0.15) is 4.31 Å². The van der Waals surface area contributed by atoms with Crippen LogP contribution in [0.4, 0.5) is 4.39 Å². The van der Waals surface area contributed by atoms with E-state index in [-0.39, 0.29) is 24.6 Å². The third-order valence-corrected chi connectivity index (χ3v) is 7.20. The first-order valence-corrected chi connectivity index (χ1v) is 11.3. The van der Waals surface area contributed by atoms with E-state index in [0.29, 0.717) is 25.0 Å². The number of hydrogen-bond acceptors (Lipinski definition) is 5. The van der Waals surface area contributed by atoms with Crippen LogP contribution < -0.4 is 4.74 Å². The molecule has 30 heavy (non-hydrogen) atoms. The predicted molar refractivity (Wildman–Crippen MR) is 110 cm³/mol. The number of piperidine rings is 1. The van der Waals surface area contributed by atoms with Crippen molar-refractivity contribution in [2.45, 2.75) is 31.1 Å². The van der Waals surface area contributed by atoms with Crippen molar-refractivity contribution in [3.8, 4) is 5.75 Å². The highest BCUT2D eigenvalue weighted by Crippen LogP contribution is 2.38. The second-order valence-electron chi connectivity index (χ2n) is 7.43. The third kappa shape index (κ3) is 4.65. The summed E-state index contributed by atoms with van der Waals surface area (Å²) in [5.74, 6) is -0.389. The third-order valence-electron chi connectivity index (χ3n) is 5.36. The molecule has 3 rings (SSSR count). The van der Waals surface area contributed by atoms with Crippen LogP contribution >= 0.6 is 0 Å². The number of carbonyl (C=O) groups is 1. The van der Waals surface area contributed by atoms with E-state index in [4.69, 9.17) is 9.47 Å². The van der Waals surface area contributed by atoms with Gasteiger partial charge < -0.3 is 9.47 Å². The molecule has 1 fully saturated rings. The van der Waals surface area contributed by atoms with Crippen molar-refractivity contribution in [3.05, 3.63) is 59.9 Å². The topological polar surface area (TPSA) is 72.9 Å². The van der Waals surface area contributed by atoms with Gasteiger partial charge in [0.2, 0.25) is 10.0 Å². The van der Waals surface area contributed by atoms with Crippen molar-refractivity contribution in [1.82, 2.24) is 4.31 Å². The van der Waals surface area contributed by atoms with E-state index in [0.717, 1.165) is 11.6 Å². The first-order valence-electron chi connectivity index (χ1n) is 9.86. The van der Waals surface area contributed by atoms with Crippen molar-refractivity contribution < 1.29 is 27.1 Å². The van der Waals surface area contributed by atoms with Crippen LogP contribution in [0.5, 0.6) is 5.75 Å². The van der Waals surface area contributed by atoms with Gasteiger partial charge in [-0.25, -0.2) is 12.8 Å². The highest BCUT2D eigenvalue weighted by Gasteiger charge is 2.46. The van der Waals surface area contributed by atoms with Gasteiger partial charge in [0, 0.05) is 13.1 Å². The predicted octanol–water partition coefficient (Wildman–Crippen LogP) is 3.41. The minimum Gasteiger partial charge on any atom is -0.497 e. The smallest absolute Gasteiger partial charge is 0.313 e. The molecule has 0 radical (unpaired) electrons. The van der Waals surface area contributed by atoms with Crippen LogP contribution in [0.2, 0.25) is 0 Å². The molecular weight excluding hydrogens is 409 g/mol. The maximum Gasteiger partial charge on any atom is 0.313 e. The molecule has 1 heterocycles. The van der Waals surface area contributed by atoms with E-state index in [1.807, 2.05) is 24.3 Å². The van der Waals surface area contributed by atoms with E-state index >= 15 is 0 Å². The fraction of sp³-hybridized carbons (Fsp3) is 0.409. The molecule has 1 saturated heterocycles. The summed E-state index contributed by atoms with van der Waals surface area (Å²) in [7, 11) is -2.38. The molecule has 8 heteroatoms. The summed E-state index contributed by atoms with van der Waals surface area (Å²) >= 11 is 0. The molecule has 0 unspecified atom stereocenters. The van der Waals surface area contributed by atoms with Crippen molar-refractivity contribution in [2.24, 2.45) is 5.41 Å². The van der Waals surface area contributed by atoms with Gasteiger partial charge in [-0.15, -0.1) is 0 Å². The van der Waals surface area contributed by atoms with E-state index in [9.17, 15) is 17.6 Å². The molecule has 162 valence electrons. The summed E-state index contributed by atoms with van der Waals surface area (Å²) < 4.78 is 51.8. The molecule has 0 amide bonds. The number of carbonyl (C=O) groups excluding carboxylic acids is 1. The van der Waals surface area contributed by atoms with Crippen molar-refractivity contribution in [1.29, 1.82) is 0 Å². The lowest BCUT2D eigenvalue weighted by molar-refractivity contribution is -0.157. The van der Waals surface area contributed by atoms with E-state index < -0.39 is 27.2 Å². The van der Waals surface area contributed by atoms with Crippen LogP contribution in [0.15, 0.2) is 53.4 Å². The van der Waals surface area contributed by atoms with Crippen LogP contribution in [0.3, 0.4) is 0 Å². The minimum atomic E-state index is -3.95. The first kappa shape index (κ1) is 22.2. The number of hydrogen-bond donors (Lipinski definition) is 0. The molecular formula is C22H26FNO5S. The number of rotatable bonds is 7. The molecule has 2 aromatic rings. The van der Waals surface area contributed by atoms with Gasteiger partial charge in [-0.3, -0.25) is 4.79 Å². The zero-order valence-corrected chi connectivity index (χ0v) is 18.0. The fourth-order valence-corrected chi connectivity index (χ4v) is 5.51. The molecule has 0 aliphatic carbocycles. The maximum absolute atomic E-state index is 13.6. The zero-order chi connectivity index (χ0) is 21.8. The largest absolute Gasteiger partial charge is 0.497 e. The normalized spacial score (nSPS) is 20.0.